The predicted molar refractivity (Wildman–Crippen MR) is 68.2 cm³/mol. The van der Waals surface area contributed by atoms with Gasteiger partial charge in [-0.3, -0.25) is 4.98 Å². The molecule has 5 heteroatoms. The van der Waals surface area contributed by atoms with Gasteiger partial charge in [0.1, 0.15) is 5.75 Å². The third-order valence-electron chi connectivity index (χ3n) is 2.43. The molecular weight excluding hydrogens is 254 g/mol. The van der Waals surface area contributed by atoms with E-state index in [1.165, 1.54) is 12.3 Å². The van der Waals surface area contributed by atoms with E-state index >= 15 is 0 Å². The van der Waals surface area contributed by atoms with Crippen LogP contribution in [-0.2, 0) is 0 Å². The molecule has 0 saturated carbocycles. The standard InChI is InChI=1S/C13H10ClNO3/c1-18-10-4-2-3-8(5-10)12-11(14)6-9(7-15-12)13(16)17/h2-7H,1H3,(H,16,17). The van der Waals surface area contributed by atoms with Crippen molar-refractivity contribution in [3.63, 3.8) is 0 Å². The van der Waals surface area contributed by atoms with E-state index in [1.807, 2.05) is 18.2 Å². The third kappa shape index (κ3) is 2.43. The fourth-order valence-electron chi connectivity index (χ4n) is 1.54. The number of aromatic nitrogens is 1. The van der Waals surface area contributed by atoms with Crippen LogP contribution < -0.4 is 4.74 Å². The molecule has 0 fully saturated rings. The van der Waals surface area contributed by atoms with Gasteiger partial charge in [-0.2, -0.15) is 0 Å². The molecule has 0 unspecified atom stereocenters. The summed E-state index contributed by atoms with van der Waals surface area (Å²) in [7, 11) is 1.57. The number of nitrogens with zero attached hydrogens (tertiary/aromatic N) is 1. The summed E-state index contributed by atoms with van der Waals surface area (Å²) >= 11 is 6.04. The third-order valence-corrected chi connectivity index (χ3v) is 2.72. The summed E-state index contributed by atoms with van der Waals surface area (Å²) in [6.07, 6.45) is 1.28. The molecule has 18 heavy (non-hydrogen) atoms. The van der Waals surface area contributed by atoms with E-state index < -0.39 is 5.97 Å². The molecule has 0 atom stereocenters. The molecule has 0 bridgehead atoms. The number of carboxylic acids is 1. The smallest absolute Gasteiger partial charge is 0.337 e. The van der Waals surface area contributed by atoms with Crippen molar-refractivity contribution in [2.75, 3.05) is 7.11 Å². The molecule has 0 aliphatic heterocycles. The minimum atomic E-state index is -1.05. The van der Waals surface area contributed by atoms with E-state index in [-0.39, 0.29) is 5.56 Å². The van der Waals surface area contributed by atoms with Gasteiger partial charge in [-0.25, -0.2) is 4.79 Å². The Morgan fingerprint density at radius 3 is 2.78 bits per heavy atom. The number of ether oxygens (including phenoxy) is 1. The first-order chi connectivity index (χ1) is 8.61. The minimum absolute atomic E-state index is 0.0617. The van der Waals surface area contributed by atoms with Crippen LogP contribution in [0.3, 0.4) is 0 Å². The maximum atomic E-state index is 10.8. The zero-order valence-electron chi connectivity index (χ0n) is 9.55. The molecule has 0 radical (unpaired) electrons. The van der Waals surface area contributed by atoms with Crippen molar-refractivity contribution < 1.29 is 14.6 Å². The Balaban J connectivity index is 2.47. The van der Waals surface area contributed by atoms with Crippen molar-refractivity contribution in [1.29, 1.82) is 0 Å². The maximum Gasteiger partial charge on any atom is 0.337 e. The highest BCUT2D eigenvalue weighted by Gasteiger charge is 2.10. The van der Waals surface area contributed by atoms with Gasteiger partial charge < -0.3 is 9.84 Å². The molecule has 1 aromatic carbocycles. The number of methoxy groups -OCH3 is 1. The Hall–Kier alpha value is -2.07. The quantitative estimate of drug-likeness (QED) is 0.924. The molecule has 0 aliphatic carbocycles. The molecule has 0 spiro atoms. The zero-order valence-corrected chi connectivity index (χ0v) is 10.3. The number of carboxylic acid groups (broad SMARTS) is 1. The fraction of sp³-hybridized carbons (Fsp3) is 0.0769. The second-order valence-corrected chi connectivity index (χ2v) is 4.00. The van der Waals surface area contributed by atoms with Crippen LogP contribution in [0.15, 0.2) is 36.5 Å². The molecule has 4 nitrogen and oxygen atoms in total. The number of aromatic carboxylic acids is 1. The summed E-state index contributed by atoms with van der Waals surface area (Å²) in [5.41, 5.74) is 1.36. The Labute approximate surface area is 109 Å². The van der Waals surface area contributed by atoms with Crippen LogP contribution in [0.1, 0.15) is 10.4 Å². The van der Waals surface area contributed by atoms with Crippen molar-refractivity contribution in [2.24, 2.45) is 0 Å². The average Bonchev–Trinajstić information content (AvgIpc) is 2.38. The first-order valence-corrected chi connectivity index (χ1v) is 5.53. The highest BCUT2D eigenvalue weighted by Crippen LogP contribution is 2.28. The summed E-state index contributed by atoms with van der Waals surface area (Å²) in [6, 6.07) is 8.62. The average molecular weight is 264 g/mol. The lowest BCUT2D eigenvalue weighted by Crippen LogP contribution is -1.98. The molecule has 2 rings (SSSR count). The van der Waals surface area contributed by atoms with Gasteiger partial charge in [0.2, 0.25) is 0 Å². The number of carbonyl (C=O) groups is 1. The second kappa shape index (κ2) is 5.06. The Kier molecular flexibility index (Phi) is 3.48. The highest BCUT2D eigenvalue weighted by molar-refractivity contribution is 6.33. The van der Waals surface area contributed by atoms with Crippen LogP contribution in [0.2, 0.25) is 5.02 Å². The molecule has 0 amide bonds. The highest BCUT2D eigenvalue weighted by atomic mass is 35.5. The monoisotopic (exact) mass is 263 g/mol. The van der Waals surface area contributed by atoms with Crippen molar-refractivity contribution in [1.82, 2.24) is 4.98 Å². The maximum absolute atomic E-state index is 10.8. The van der Waals surface area contributed by atoms with E-state index in [2.05, 4.69) is 4.98 Å². The minimum Gasteiger partial charge on any atom is -0.497 e. The largest absolute Gasteiger partial charge is 0.497 e. The Morgan fingerprint density at radius 2 is 2.17 bits per heavy atom. The number of hydrogen-bond acceptors (Lipinski definition) is 3. The van der Waals surface area contributed by atoms with Gasteiger partial charge >= 0.3 is 5.97 Å². The molecule has 1 aromatic heterocycles. The summed E-state index contributed by atoms with van der Waals surface area (Å²) in [5.74, 6) is -0.366. The molecule has 92 valence electrons. The number of pyridine rings is 1. The second-order valence-electron chi connectivity index (χ2n) is 3.59. The first-order valence-electron chi connectivity index (χ1n) is 5.15. The first kappa shape index (κ1) is 12.4. The normalized spacial score (nSPS) is 10.1. The molecule has 1 N–H and O–H groups in total. The summed E-state index contributed by atoms with van der Waals surface area (Å²) < 4.78 is 5.11. The van der Waals surface area contributed by atoms with Crippen molar-refractivity contribution in [3.8, 4) is 17.0 Å². The van der Waals surface area contributed by atoms with Crippen LogP contribution in [0.25, 0.3) is 11.3 Å². The Bertz CT molecular complexity index is 599. The van der Waals surface area contributed by atoms with Crippen molar-refractivity contribution >= 4 is 17.6 Å². The number of hydrogen-bond donors (Lipinski definition) is 1. The zero-order chi connectivity index (χ0) is 13.1. The molecule has 2 aromatic rings. The molecule has 0 saturated heterocycles. The van der Waals surface area contributed by atoms with E-state index in [0.29, 0.717) is 16.5 Å². The van der Waals surface area contributed by atoms with E-state index in [4.69, 9.17) is 21.4 Å². The van der Waals surface area contributed by atoms with Crippen LogP contribution in [0.5, 0.6) is 5.75 Å². The topological polar surface area (TPSA) is 59.4 Å². The molecule has 1 heterocycles. The van der Waals surface area contributed by atoms with E-state index in [0.717, 1.165) is 5.56 Å². The SMILES string of the molecule is COc1cccc(-c2ncc(C(=O)O)cc2Cl)c1. The molecule has 0 aliphatic rings. The summed E-state index contributed by atoms with van der Waals surface area (Å²) in [5, 5.41) is 9.13. The van der Waals surface area contributed by atoms with Crippen LogP contribution in [0.4, 0.5) is 0 Å². The lowest BCUT2D eigenvalue weighted by molar-refractivity contribution is 0.0696. The van der Waals surface area contributed by atoms with E-state index in [9.17, 15) is 4.79 Å². The number of benzene rings is 1. The van der Waals surface area contributed by atoms with Gasteiger partial charge in [0.15, 0.2) is 0 Å². The van der Waals surface area contributed by atoms with Crippen molar-refractivity contribution in [3.05, 3.63) is 47.1 Å². The van der Waals surface area contributed by atoms with Gasteiger partial charge in [-0.05, 0) is 18.2 Å². The lowest BCUT2D eigenvalue weighted by atomic mass is 10.1. The van der Waals surface area contributed by atoms with E-state index in [1.54, 1.807) is 13.2 Å². The Morgan fingerprint density at radius 1 is 1.39 bits per heavy atom. The van der Waals surface area contributed by atoms with Gasteiger partial charge in [-0.1, -0.05) is 23.7 Å². The summed E-state index contributed by atoms with van der Waals surface area (Å²) in [4.78, 5) is 14.9. The number of rotatable bonds is 3. The van der Waals surface area contributed by atoms with Gasteiger partial charge in [0.05, 0.1) is 23.4 Å². The summed E-state index contributed by atoms with van der Waals surface area (Å²) in [6.45, 7) is 0. The van der Waals surface area contributed by atoms with Crippen LogP contribution in [-0.4, -0.2) is 23.2 Å². The van der Waals surface area contributed by atoms with Crippen LogP contribution >= 0.6 is 11.6 Å². The van der Waals surface area contributed by atoms with Crippen molar-refractivity contribution in [2.45, 2.75) is 0 Å². The fourth-order valence-corrected chi connectivity index (χ4v) is 1.81. The van der Waals surface area contributed by atoms with Gasteiger partial charge in [-0.15, -0.1) is 0 Å². The molecular formula is C13H10ClNO3. The van der Waals surface area contributed by atoms with Gasteiger partial charge in [0.25, 0.3) is 0 Å². The van der Waals surface area contributed by atoms with Crippen LogP contribution in [0, 0.1) is 0 Å². The van der Waals surface area contributed by atoms with Gasteiger partial charge in [0, 0.05) is 11.8 Å². The number of halogens is 1. The lowest BCUT2D eigenvalue weighted by Gasteiger charge is -2.06. The predicted octanol–water partition coefficient (Wildman–Crippen LogP) is 3.11.